The number of nitrogens with one attached hydrogen (secondary N) is 1. The van der Waals surface area contributed by atoms with Gasteiger partial charge < -0.3 is 14.6 Å². The molecule has 0 saturated carbocycles. The van der Waals surface area contributed by atoms with E-state index in [2.05, 4.69) is 17.0 Å². The molecule has 12 heteroatoms. The molecule has 1 saturated heterocycles. The zero-order valence-corrected chi connectivity index (χ0v) is 19.9. The van der Waals surface area contributed by atoms with Crippen molar-refractivity contribution in [3.8, 4) is 5.75 Å². The van der Waals surface area contributed by atoms with Gasteiger partial charge in [-0.2, -0.15) is 4.31 Å². The summed E-state index contributed by atoms with van der Waals surface area (Å²) in [5, 5.41) is 2.49. The Kier molecular flexibility index (Phi) is 7.35. The van der Waals surface area contributed by atoms with Gasteiger partial charge in [-0.25, -0.2) is 8.42 Å². The summed E-state index contributed by atoms with van der Waals surface area (Å²) < 4.78 is 71.2. The Hall–Kier alpha value is -2.24. The second kappa shape index (κ2) is 9.55. The maximum absolute atomic E-state index is 13.1. The van der Waals surface area contributed by atoms with E-state index in [1.165, 1.54) is 27.1 Å². The number of sulfonamides is 1. The summed E-state index contributed by atoms with van der Waals surface area (Å²) in [5.74, 6) is -0.737. The van der Waals surface area contributed by atoms with E-state index in [-0.39, 0.29) is 27.7 Å². The molecule has 1 aliphatic heterocycles. The number of nitrogens with zero attached hydrogens (tertiary/aromatic N) is 2. The van der Waals surface area contributed by atoms with Gasteiger partial charge in [-0.05, 0) is 43.9 Å². The summed E-state index contributed by atoms with van der Waals surface area (Å²) in [5.41, 5.74) is 0.394. The number of piperidine rings is 1. The van der Waals surface area contributed by atoms with Crippen LogP contribution in [0.2, 0.25) is 5.02 Å². The maximum atomic E-state index is 13.1. The fraction of sp³-hybridized carbons (Fsp3) is 0.476. The molecule has 182 valence electrons. The molecule has 2 heterocycles. The molecule has 1 amide bonds. The summed E-state index contributed by atoms with van der Waals surface area (Å²) in [6, 6.07) is 5.06. The first-order valence-electron chi connectivity index (χ1n) is 10.3. The summed E-state index contributed by atoms with van der Waals surface area (Å²) in [6.07, 6.45) is -3.40. The molecule has 0 radical (unpaired) electrons. The minimum Gasteiger partial charge on any atom is -0.405 e. The maximum Gasteiger partial charge on any atom is 0.573 e. The number of benzene rings is 1. The standard InChI is InChI=1S/C21H25ClF3N3O4S/c1-13-7-9-28(10-8-13)33(30,31)19-11-17(27(3)14(19)2)20(29)26-12-15-16(22)5-4-6-18(15)32-21(23,24)25/h4-6,11,13H,7-10,12H2,1-3H3,(H,26,29). The summed E-state index contributed by atoms with van der Waals surface area (Å²) in [4.78, 5) is 12.8. The van der Waals surface area contributed by atoms with Gasteiger partial charge in [0, 0.05) is 43.0 Å². The molecule has 0 atom stereocenters. The second-order valence-corrected chi connectivity index (χ2v) is 10.4. The number of alkyl halides is 3. The second-order valence-electron chi connectivity index (χ2n) is 8.07. The molecule has 0 unspecified atom stereocenters. The average molecular weight is 508 g/mol. The van der Waals surface area contributed by atoms with Gasteiger partial charge in [0.15, 0.2) is 0 Å². The lowest BCUT2D eigenvalue weighted by molar-refractivity contribution is -0.274. The van der Waals surface area contributed by atoms with E-state index in [0.717, 1.165) is 18.9 Å². The third kappa shape index (κ3) is 5.64. The van der Waals surface area contributed by atoms with Crippen LogP contribution in [0.3, 0.4) is 0 Å². The molecule has 1 aromatic heterocycles. The van der Waals surface area contributed by atoms with E-state index in [1.807, 2.05) is 0 Å². The van der Waals surface area contributed by atoms with Crippen LogP contribution in [0.15, 0.2) is 29.2 Å². The van der Waals surface area contributed by atoms with Crippen molar-refractivity contribution in [3.05, 3.63) is 46.2 Å². The number of amides is 1. The van der Waals surface area contributed by atoms with Gasteiger partial charge >= 0.3 is 6.36 Å². The molecule has 1 N–H and O–H groups in total. The Morgan fingerprint density at radius 2 is 1.91 bits per heavy atom. The minimum atomic E-state index is -4.92. The van der Waals surface area contributed by atoms with Crippen LogP contribution in [0.5, 0.6) is 5.75 Å². The van der Waals surface area contributed by atoms with Crippen LogP contribution in [0.25, 0.3) is 0 Å². The van der Waals surface area contributed by atoms with Crippen molar-refractivity contribution in [2.24, 2.45) is 13.0 Å². The van der Waals surface area contributed by atoms with Gasteiger partial charge in [0.2, 0.25) is 10.0 Å². The smallest absolute Gasteiger partial charge is 0.405 e. The molecule has 7 nitrogen and oxygen atoms in total. The van der Waals surface area contributed by atoms with Gasteiger partial charge in [0.05, 0.1) is 0 Å². The number of hydrogen-bond acceptors (Lipinski definition) is 4. The Bertz CT molecular complexity index is 1140. The van der Waals surface area contributed by atoms with Gasteiger partial charge in [0.1, 0.15) is 16.3 Å². The summed E-state index contributed by atoms with van der Waals surface area (Å²) >= 11 is 6.02. The highest BCUT2D eigenvalue weighted by Gasteiger charge is 2.33. The average Bonchev–Trinajstić information content (AvgIpc) is 3.02. The zero-order valence-electron chi connectivity index (χ0n) is 18.4. The summed E-state index contributed by atoms with van der Waals surface area (Å²) in [6.45, 7) is 4.14. The Morgan fingerprint density at radius 3 is 2.52 bits per heavy atom. The predicted octanol–water partition coefficient (Wildman–Crippen LogP) is 4.24. The van der Waals surface area contributed by atoms with Gasteiger partial charge in [-0.15, -0.1) is 13.2 Å². The molecular formula is C21H25ClF3N3O4S. The molecule has 3 rings (SSSR count). The van der Waals surface area contributed by atoms with E-state index >= 15 is 0 Å². The monoisotopic (exact) mass is 507 g/mol. The first kappa shape index (κ1) is 25.4. The normalized spacial score (nSPS) is 16.1. The third-order valence-corrected chi connectivity index (χ3v) is 8.18. The number of aromatic nitrogens is 1. The molecule has 0 bridgehead atoms. The van der Waals surface area contributed by atoms with Crippen LogP contribution in [0.1, 0.15) is 41.5 Å². The molecule has 1 aromatic carbocycles. The number of rotatable bonds is 6. The largest absolute Gasteiger partial charge is 0.573 e. The van der Waals surface area contributed by atoms with E-state index in [4.69, 9.17) is 11.6 Å². The Balaban J connectivity index is 1.82. The first-order chi connectivity index (χ1) is 15.3. The molecular weight excluding hydrogens is 483 g/mol. The van der Waals surface area contributed by atoms with Crippen molar-refractivity contribution >= 4 is 27.5 Å². The van der Waals surface area contributed by atoms with E-state index in [0.29, 0.717) is 24.7 Å². The van der Waals surface area contributed by atoms with E-state index in [9.17, 15) is 26.4 Å². The van der Waals surface area contributed by atoms with Crippen LogP contribution in [0, 0.1) is 12.8 Å². The summed E-state index contributed by atoms with van der Waals surface area (Å²) in [7, 11) is -2.23. The quantitative estimate of drug-likeness (QED) is 0.634. The zero-order chi connectivity index (χ0) is 24.6. The lowest BCUT2D eigenvalue weighted by Crippen LogP contribution is -2.38. The van der Waals surface area contributed by atoms with Crippen molar-refractivity contribution in [1.29, 1.82) is 0 Å². The lowest BCUT2D eigenvalue weighted by atomic mass is 10.0. The van der Waals surface area contributed by atoms with Crippen molar-refractivity contribution in [1.82, 2.24) is 14.2 Å². The van der Waals surface area contributed by atoms with E-state index < -0.39 is 28.0 Å². The number of ether oxygens (including phenoxy) is 1. The minimum absolute atomic E-state index is 0.0114. The third-order valence-electron chi connectivity index (χ3n) is 5.81. The number of hydrogen-bond donors (Lipinski definition) is 1. The molecule has 2 aromatic rings. The Labute approximate surface area is 195 Å². The van der Waals surface area contributed by atoms with Crippen molar-refractivity contribution in [2.45, 2.75) is 44.5 Å². The fourth-order valence-electron chi connectivity index (χ4n) is 3.70. The van der Waals surface area contributed by atoms with E-state index in [1.54, 1.807) is 14.0 Å². The van der Waals surface area contributed by atoms with Crippen LogP contribution in [-0.4, -0.2) is 42.6 Å². The van der Waals surface area contributed by atoms with Crippen molar-refractivity contribution in [2.75, 3.05) is 13.1 Å². The molecule has 33 heavy (non-hydrogen) atoms. The van der Waals surface area contributed by atoms with Crippen molar-refractivity contribution < 1.29 is 31.1 Å². The number of carbonyl (C=O) groups is 1. The fourth-order valence-corrected chi connectivity index (χ4v) is 5.68. The van der Waals surface area contributed by atoms with Crippen LogP contribution >= 0.6 is 11.6 Å². The predicted molar refractivity (Wildman–Crippen MR) is 117 cm³/mol. The van der Waals surface area contributed by atoms with Gasteiger partial charge in [-0.1, -0.05) is 24.6 Å². The highest BCUT2D eigenvalue weighted by atomic mass is 35.5. The van der Waals surface area contributed by atoms with Crippen LogP contribution in [0.4, 0.5) is 13.2 Å². The SMILES string of the molecule is Cc1c(S(=O)(=O)N2CCC(C)CC2)cc(C(=O)NCc2c(Cl)cccc2OC(F)(F)F)n1C. The van der Waals surface area contributed by atoms with Crippen molar-refractivity contribution in [3.63, 3.8) is 0 Å². The number of halogens is 4. The highest BCUT2D eigenvalue weighted by molar-refractivity contribution is 7.89. The lowest BCUT2D eigenvalue weighted by Gasteiger charge is -2.29. The molecule has 1 fully saturated rings. The Morgan fingerprint density at radius 1 is 1.27 bits per heavy atom. The van der Waals surface area contributed by atoms with Crippen LogP contribution < -0.4 is 10.1 Å². The molecule has 0 spiro atoms. The van der Waals surface area contributed by atoms with Gasteiger partial charge in [-0.3, -0.25) is 4.79 Å². The first-order valence-corrected chi connectivity index (χ1v) is 12.1. The molecule has 1 aliphatic rings. The number of carbonyl (C=O) groups excluding carboxylic acids is 1. The highest BCUT2D eigenvalue weighted by Crippen LogP contribution is 2.31. The van der Waals surface area contributed by atoms with Gasteiger partial charge in [0.25, 0.3) is 5.91 Å². The topological polar surface area (TPSA) is 80.6 Å². The van der Waals surface area contributed by atoms with Crippen LogP contribution in [-0.2, 0) is 23.6 Å². The molecule has 0 aliphatic carbocycles.